The Morgan fingerprint density at radius 1 is 1.03 bits per heavy atom. The van der Waals surface area contributed by atoms with Gasteiger partial charge in [-0.1, -0.05) is 60.7 Å². The van der Waals surface area contributed by atoms with Crippen molar-refractivity contribution in [3.05, 3.63) is 84.7 Å². The van der Waals surface area contributed by atoms with Gasteiger partial charge in [-0.3, -0.25) is 4.79 Å². The molecule has 4 rings (SSSR count). The number of H-pyrrole nitrogens is 1. The van der Waals surface area contributed by atoms with Gasteiger partial charge in [0.15, 0.2) is 6.61 Å². The maximum atomic E-state index is 12.7. The highest BCUT2D eigenvalue weighted by atomic mass is 32.2. The number of benzene rings is 3. The molecule has 3 aromatic carbocycles. The van der Waals surface area contributed by atoms with Gasteiger partial charge in [0, 0.05) is 5.56 Å². The van der Waals surface area contributed by atoms with E-state index >= 15 is 0 Å². The van der Waals surface area contributed by atoms with Crippen molar-refractivity contribution in [3.8, 4) is 16.9 Å². The molecule has 1 amide bonds. The molecule has 0 unspecified atom stereocenters. The van der Waals surface area contributed by atoms with E-state index in [2.05, 4.69) is 21.5 Å². The second kappa shape index (κ2) is 10.2. The third kappa shape index (κ3) is 5.27. The minimum atomic E-state index is -0.194. The van der Waals surface area contributed by atoms with Gasteiger partial charge in [-0.15, -0.1) is 0 Å². The zero-order valence-corrected chi connectivity index (χ0v) is 18.2. The molecule has 158 valence electrons. The van der Waals surface area contributed by atoms with Crippen molar-refractivity contribution in [3.63, 3.8) is 0 Å². The number of aromatic amines is 1. The number of aromatic nitrogens is 2. The van der Waals surface area contributed by atoms with E-state index in [9.17, 15) is 4.79 Å². The zero-order valence-electron chi connectivity index (χ0n) is 17.4. The van der Waals surface area contributed by atoms with Gasteiger partial charge < -0.3 is 15.0 Å². The van der Waals surface area contributed by atoms with Crippen LogP contribution in [0.1, 0.15) is 18.3 Å². The van der Waals surface area contributed by atoms with Crippen LogP contribution >= 0.6 is 11.8 Å². The smallest absolute Gasteiger partial charge is 0.258 e. The number of imidazole rings is 1. The fourth-order valence-corrected chi connectivity index (χ4v) is 3.95. The van der Waals surface area contributed by atoms with Gasteiger partial charge in [-0.25, -0.2) is 4.98 Å². The molecule has 1 heterocycles. The Morgan fingerprint density at radius 2 is 1.77 bits per heavy atom. The first-order chi connectivity index (χ1) is 15.2. The topological polar surface area (TPSA) is 67.0 Å². The number of carbonyl (C=O) groups is 1. The largest absolute Gasteiger partial charge is 0.483 e. The molecule has 0 aliphatic carbocycles. The maximum Gasteiger partial charge on any atom is 0.258 e. The average molecular weight is 432 g/mol. The van der Waals surface area contributed by atoms with E-state index in [1.54, 1.807) is 11.8 Å². The van der Waals surface area contributed by atoms with Crippen LogP contribution in [0, 0.1) is 0 Å². The Labute approximate surface area is 186 Å². The lowest BCUT2D eigenvalue weighted by Crippen LogP contribution is -2.33. The number of rotatable bonds is 9. The van der Waals surface area contributed by atoms with Crippen molar-refractivity contribution in [2.24, 2.45) is 0 Å². The van der Waals surface area contributed by atoms with Gasteiger partial charge in [0.25, 0.3) is 5.91 Å². The normalized spacial score (nSPS) is 11.9. The summed E-state index contributed by atoms with van der Waals surface area (Å²) >= 11 is 1.74. The number of nitrogens with zero attached hydrogens (tertiary/aromatic N) is 1. The summed E-state index contributed by atoms with van der Waals surface area (Å²) in [6.45, 7) is -0.0557. The minimum Gasteiger partial charge on any atom is -0.483 e. The monoisotopic (exact) mass is 431 g/mol. The van der Waals surface area contributed by atoms with E-state index in [4.69, 9.17) is 4.74 Å². The lowest BCUT2D eigenvalue weighted by Gasteiger charge is -2.17. The van der Waals surface area contributed by atoms with E-state index < -0.39 is 0 Å². The predicted molar refractivity (Wildman–Crippen MR) is 127 cm³/mol. The van der Waals surface area contributed by atoms with Crippen LogP contribution in [0.4, 0.5) is 0 Å². The molecule has 2 N–H and O–H groups in total. The summed E-state index contributed by atoms with van der Waals surface area (Å²) in [5.41, 5.74) is 3.88. The lowest BCUT2D eigenvalue weighted by molar-refractivity contribution is -0.123. The van der Waals surface area contributed by atoms with Gasteiger partial charge in [-0.2, -0.15) is 11.8 Å². The third-order valence-electron chi connectivity index (χ3n) is 5.01. The fourth-order valence-electron chi connectivity index (χ4n) is 3.48. The predicted octanol–water partition coefficient (Wildman–Crippen LogP) is 5.22. The first-order valence-electron chi connectivity index (χ1n) is 10.2. The van der Waals surface area contributed by atoms with Gasteiger partial charge in [0.05, 0.1) is 17.1 Å². The van der Waals surface area contributed by atoms with Gasteiger partial charge in [0.2, 0.25) is 0 Å². The van der Waals surface area contributed by atoms with Crippen molar-refractivity contribution in [2.75, 3.05) is 18.6 Å². The molecule has 0 radical (unpaired) electrons. The van der Waals surface area contributed by atoms with E-state index in [1.807, 2.05) is 78.9 Å². The third-order valence-corrected chi connectivity index (χ3v) is 5.66. The molecule has 0 bridgehead atoms. The number of carbonyl (C=O) groups excluding carboxylic acids is 1. The Hall–Kier alpha value is -3.25. The number of para-hydroxylation sites is 3. The summed E-state index contributed by atoms with van der Waals surface area (Å²) in [5, 5.41) is 3.09. The molecule has 4 aromatic rings. The lowest BCUT2D eigenvalue weighted by atomic mass is 10.1. The van der Waals surface area contributed by atoms with Gasteiger partial charge in [-0.05, 0) is 42.2 Å². The first-order valence-corrected chi connectivity index (χ1v) is 11.6. The second-order valence-electron chi connectivity index (χ2n) is 7.19. The molecule has 0 spiro atoms. The molecule has 31 heavy (non-hydrogen) atoms. The van der Waals surface area contributed by atoms with Crippen LogP contribution in [0.3, 0.4) is 0 Å². The van der Waals surface area contributed by atoms with Gasteiger partial charge in [0.1, 0.15) is 11.6 Å². The van der Waals surface area contributed by atoms with Gasteiger partial charge >= 0.3 is 0 Å². The van der Waals surface area contributed by atoms with E-state index in [-0.39, 0.29) is 18.6 Å². The number of hydrogen-bond acceptors (Lipinski definition) is 4. The van der Waals surface area contributed by atoms with Crippen molar-refractivity contribution < 1.29 is 9.53 Å². The molecule has 1 aromatic heterocycles. The van der Waals surface area contributed by atoms with Crippen molar-refractivity contribution in [2.45, 2.75) is 12.5 Å². The average Bonchev–Trinajstić information content (AvgIpc) is 3.25. The molecular formula is C25H25N3O2S. The highest BCUT2D eigenvalue weighted by Gasteiger charge is 2.19. The summed E-state index contributed by atoms with van der Waals surface area (Å²) < 4.78 is 5.91. The van der Waals surface area contributed by atoms with E-state index in [1.165, 1.54) is 0 Å². The quantitative estimate of drug-likeness (QED) is 0.381. The van der Waals surface area contributed by atoms with Crippen LogP contribution < -0.4 is 10.1 Å². The summed E-state index contributed by atoms with van der Waals surface area (Å²) in [4.78, 5) is 20.8. The number of ether oxygens (including phenoxy) is 1. The Kier molecular flexibility index (Phi) is 6.89. The molecule has 6 heteroatoms. The molecule has 0 aliphatic rings. The van der Waals surface area contributed by atoms with Crippen molar-refractivity contribution >= 4 is 28.7 Å². The molecular weight excluding hydrogens is 406 g/mol. The van der Waals surface area contributed by atoms with Crippen molar-refractivity contribution in [1.82, 2.24) is 15.3 Å². The Balaban J connectivity index is 1.45. The summed E-state index contributed by atoms with van der Waals surface area (Å²) in [6.07, 6.45) is 2.84. The zero-order chi connectivity index (χ0) is 21.5. The summed E-state index contributed by atoms with van der Waals surface area (Å²) in [6, 6.07) is 25.5. The molecule has 0 fully saturated rings. The summed E-state index contributed by atoms with van der Waals surface area (Å²) in [5.74, 6) is 2.20. The Bertz CT molecular complexity index is 1110. The molecule has 0 saturated heterocycles. The Morgan fingerprint density at radius 3 is 2.58 bits per heavy atom. The van der Waals surface area contributed by atoms with Crippen LogP contribution in [0.2, 0.25) is 0 Å². The van der Waals surface area contributed by atoms with E-state index in [0.717, 1.165) is 40.2 Å². The molecule has 0 aliphatic heterocycles. The maximum absolute atomic E-state index is 12.7. The standard InChI is InChI=1S/C25H25N3O2S/c1-31-16-15-22(25-27-20-12-6-7-13-21(20)28-25)26-24(29)17-30-23-14-8-5-11-19(23)18-9-3-2-4-10-18/h2-14,22H,15-17H2,1H3,(H,26,29)(H,27,28)/t22-/m0/s1. The second-order valence-corrected chi connectivity index (χ2v) is 8.18. The first kappa shape index (κ1) is 21.0. The highest BCUT2D eigenvalue weighted by Crippen LogP contribution is 2.29. The number of amides is 1. The number of fused-ring (bicyclic) bond motifs is 1. The minimum absolute atomic E-state index is 0.0557. The summed E-state index contributed by atoms with van der Waals surface area (Å²) in [7, 11) is 0. The van der Waals surface area contributed by atoms with Crippen LogP contribution in [0.5, 0.6) is 5.75 Å². The molecule has 5 nitrogen and oxygen atoms in total. The van der Waals surface area contributed by atoms with Crippen LogP contribution in [0.15, 0.2) is 78.9 Å². The van der Waals surface area contributed by atoms with Crippen LogP contribution in [-0.2, 0) is 4.79 Å². The number of hydrogen-bond donors (Lipinski definition) is 2. The molecule has 1 atom stereocenters. The number of nitrogens with one attached hydrogen (secondary N) is 2. The van der Waals surface area contributed by atoms with Crippen LogP contribution in [0.25, 0.3) is 22.2 Å². The molecule has 0 saturated carbocycles. The fraction of sp³-hybridized carbons (Fsp3) is 0.200. The van der Waals surface area contributed by atoms with Crippen LogP contribution in [-0.4, -0.2) is 34.5 Å². The van der Waals surface area contributed by atoms with Crippen molar-refractivity contribution in [1.29, 1.82) is 0 Å². The highest BCUT2D eigenvalue weighted by molar-refractivity contribution is 7.98. The number of thioether (sulfide) groups is 1. The van der Waals surface area contributed by atoms with E-state index in [0.29, 0.717) is 5.75 Å². The SMILES string of the molecule is CSCC[C@H](NC(=O)COc1ccccc1-c1ccccc1)c1nc2ccccc2[nH]1.